The molecule has 0 saturated heterocycles. The van der Waals surface area contributed by atoms with Gasteiger partial charge in [-0.3, -0.25) is 9.59 Å². The molecule has 0 bridgehead atoms. The van der Waals surface area contributed by atoms with Gasteiger partial charge in [-0.25, -0.2) is 18.3 Å². The molecular weight excluding hydrogens is 521 g/mol. The van der Waals surface area contributed by atoms with Crippen molar-refractivity contribution in [1.29, 1.82) is 0 Å². The van der Waals surface area contributed by atoms with E-state index in [0.29, 0.717) is 22.8 Å². The third kappa shape index (κ3) is 6.87. The lowest BCUT2D eigenvalue weighted by molar-refractivity contribution is -0.144. The summed E-state index contributed by atoms with van der Waals surface area (Å²) < 4.78 is 67.0. The number of aromatic nitrogens is 3. The monoisotopic (exact) mass is 555 g/mol. The first-order valence-electron chi connectivity index (χ1n) is 13.8. The Hall–Kier alpha value is -2.79. The Bertz CT molecular complexity index is 1200. The number of alkyl halides is 5. The number of fused-ring (bicyclic) bond motifs is 1. The van der Waals surface area contributed by atoms with Gasteiger partial charge < -0.3 is 10.6 Å². The molecule has 0 radical (unpaired) electrons. The molecule has 2 aromatic heterocycles. The van der Waals surface area contributed by atoms with Crippen LogP contribution in [0.1, 0.15) is 94.5 Å². The molecule has 39 heavy (non-hydrogen) atoms. The van der Waals surface area contributed by atoms with Crippen molar-refractivity contribution in [2.45, 2.75) is 95.3 Å². The number of nitrogens with one attached hydrogen (secondary N) is 2. The molecule has 7 nitrogen and oxygen atoms in total. The summed E-state index contributed by atoms with van der Waals surface area (Å²) in [6.07, 6.45) is 0.497. The minimum Gasteiger partial charge on any atom is -0.349 e. The van der Waals surface area contributed by atoms with E-state index in [2.05, 4.69) is 15.7 Å². The standard InChI is InChI=1S/C27H34F5N5O2/c1-2-15-11-19(15)25(39)36-24(17-5-8-26(28,29)9-6-17)20-14-37-21(34-20)12-18(13-33-37)23(16-3-4-16)35-22(38)7-10-27(30,31)32/h12-17,19,23-24H,2-11H2,1H3,(H,35,38)(H,36,39)/t15-,19+,23-,24+/m1/s1. The summed E-state index contributed by atoms with van der Waals surface area (Å²) in [6.45, 7) is 2.04. The zero-order chi connectivity index (χ0) is 27.9. The molecule has 3 fully saturated rings. The maximum atomic E-state index is 13.9. The Balaban J connectivity index is 1.36. The van der Waals surface area contributed by atoms with Gasteiger partial charge in [-0.05, 0) is 61.5 Å². The maximum absolute atomic E-state index is 13.9. The summed E-state index contributed by atoms with van der Waals surface area (Å²) in [5.74, 6) is -3.25. The van der Waals surface area contributed by atoms with Crippen molar-refractivity contribution < 1.29 is 31.5 Å². The van der Waals surface area contributed by atoms with E-state index in [1.165, 1.54) is 4.52 Å². The second-order valence-corrected chi connectivity index (χ2v) is 11.4. The van der Waals surface area contributed by atoms with E-state index < -0.39 is 42.9 Å². The molecule has 2 N–H and O–H groups in total. The minimum atomic E-state index is -4.41. The van der Waals surface area contributed by atoms with E-state index in [9.17, 15) is 31.5 Å². The Morgan fingerprint density at radius 2 is 1.79 bits per heavy atom. The van der Waals surface area contributed by atoms with Gasteiger partial charge in [0.1, 0.15) is 0 Å². The SMILES string of the molecule is CC[C@@H]1C[C@@H]1C(=O)N[C@H](c1cn2ncc([C@H](NC(=O)CCC(F)(F)F)C3CC3)cc2n1)C1CCC(F)(F)CC1. The number of nitrogens with zero attached hydrogens (tertiary/aromatic N) is 3. The normalized spacial score (nSPS) is 24.8. The molecule has 4 atom stereocenters. The van der Waals surface area contributed by atoms with Crippen molar-refractivity contribution in [3.8, 4) is 0 Å². The van der Waals surface area contributed by atoms with Gasteiger partial charge in [-0.2, -0.15) is 18.3 Å². The van der Waals surface area contributed by atoms with Gasteiger partial charge in [0.25, 0.3) is 0 Å². The molecule has 3 aliphatic rings. The molecule has 214 valence electrons. The lowest BCUT2D eigenvalue weighted by atomic mass is 9.81. The van der Waals surface area contributed by atoms with Crippen LogP contribution in [0.2, 0.25) is 0 Å². The highest BCUT2D eigenvalue weighted by molar-refractivity contribution is 5.82. The molecule has 5 rings (SSSR count). The zero-order valence-corrected chi connectivity index (χ0v) is 21.8. The first kappa shape index (κ1) is 27.8. The van der Waals surface area contributed by atoms with Crippen LogP contribution < -0.4 is 10.6 Å². The number of hydrogen-bond donors (Lipinski definition) is 2. The molecule has 3 aliphatic carbocycles. The van der Waals surface area contributed by atoms with E-state index in [4.69, 9.17) is 4.98 Å². The van der Waals surface area contributed by atoms with Crippen LogP contribution in [0, 0.1) is 23.7 Å². The summed E-state index contributed by atoms with van der Waals surface area (Å²) in [5, 5.41) is 10.2. The Morgan fingerprint density at radius 3 is 2.41 bits per heavy atom. The van der Waals surface area contributed by atoms with Crippen LogP contribution in [0.5, 0.6) is 0 Å². The Labute approximate surface area is 223 Å². The number of carbonyl (C=O) groups is 2. The molecule has 2 aromatic rings. The fourth-order valence-electron chi connectivity index (χ4n) is 5.74. The smallest absolute Gasteiger partial charge is 0.349 e. The minimum absolute atomic E-state index is 0.0652. The fourth-order valence-corrected chi connectivity index (χ4v) is 5.74. The van der Waals surface area contributed by atoms with E-state index >= 15 is 0 Å². The van der Waals surface area contributed by atoms with Crippen molar-refractivity contribution in [3.05, 3.63) is 29.7 Å². The lowest BCUT2D eigenvalue weighted by Crippen LogP contribution is -2.38. The van der Waals surface area contributed by atoms with E-state index in [0.717, 1.165) is 25.7 Å². The van der Waals surface area contributed by atoms with Gasteiger partial charge in [0, 0.05) is 25.2 Å². The molecule has 0 spiro atoms. The van der Waals surface area contributed by atoms with Gasteiger partial charge in [-0.15, -0.1) is 0 Å². The molecule has 3 saturated carbocycles. The number of imidazole rings is 1. The first-order valence-corrected chi connectivity index (χ1v) is 13.8. The van der Waals surface area contributed by atoms with E-state index in [1.807, 2.05) is 6.92 Å². The summed E-state index contributed by atoms with van der Waals surface area (Å²) in [6, 6.07) is 0.740. The average Bonchev–Trinajstić information content (AvgIpc) is 3.80. The second kappa shape index (κ2) is 10.6. The second-order valence-electron chi connectivity index (χ2n) is 11.4. The predicted octanol–water partition coefficient (Wildman–Crippen LogP) is 5.67. The summed E-state index contributed by atoms with van der Waals surface area (Å²) >= 11 is 0. The maximum Gasteiger partial charge on any atom is 0.389 e. The Morgan fingerprint density at radius 1 is 1.10 bits per heavy atom. The summed E-state index contributed by atoms with van der Waals surface area (Å²) in [7, 11) is 0. The molecule has 2 heterocycles. The van der Waals surface area contributed by atoms with Crippen LogP contribution in [-0.4, -0.2) is 38.5 Å². The van der Waals surface area contributed by atoms with Crippen LogP contribution >= 0.6 is 0 Å². The van der Waals surface area contributed by atoms with Crippen molar-refractivity contribution in [3.63, 3.8) is 0 Å². The third-order valence-electron chi connectivity index (χ3n) is 8.40. The van der Waals surface area contributed by atoms with Crippen molar-refractivity contribution >= 4 is 17.5 Å². The van der Waals surface area contributed by atoms with Crippen LogP contribution in [0.4, 0.5) is 22.0 Å². The number of carbonyl (C=O) groups excluding carboxylic acids is 2. The fraction of sp³-hybridized carbons (Fsp3) is 0.704. The molecule has 0 unspecified atom stereocenters. The predicted molar refractivity (Wildman–Crippen MR) is 132 cm³/mol. The molecule has 0 aromatic carbocycles. The van der Waals surface area contributed by atoms with Gasteiger partial charge in [0.15, 0.2) is 5.65 Å². The number of rotatable bonds is 10. The van der Waals surface area contributed by atoms with E-state index in [-0.39, 0.29) is 49.3 Å². The average molecular weight is 556 g/mol. The van der Waals surface area contributed by atoms with Crippen LogP contribution in [0.15, 0.2) is 18.5 Å². The van der Waals surface area contributed by atoms with Crippen molar-refractivity contribution in [2.75, 3.05) is 0 Å². The number of amides is 2. The third-order valence-corrected chi connectivity index (χ3v) is 8.40. The van der Waals surface area contributed by atoms with Gasteiger partial charge >= 0.3 is 6.18 Å². The summed E-state index contributed by atoms with van der Waals surface area (Å²) in [5.41, 5.74) is 1.63. The lowest BCUT2D eigenvalue weighted by Gasteiger charge is -2.33. The van der Waals surface area contributed by atoms with Gasteiger partial charge in [-0.1, -0.05) is 13.3 Å². The quantitative estimate of drug-likeness (QED) is 0.370. The van der Waals surface area contributed by atoms with Crippen LogP contribution in [0.25, 0.3) is 5.65 Å². The van der Waals surface area contributed by atoms with Crippen molar-refractivity contribution in [1.82, 2.24) is 25.2 Å². The van der Waals surface area contributed by atoms with Gasteiger partial charge in [0.2, 0.25) is 17.7 Å². The zero-order valence-electron chi connectivity index (χ0n) is 21.8. The van der Waals surface area contributed by atoms with Crippen LogP contribution in [-0.2, 0) is 9.59 Å². The number of halogens is 5. The molecule has 2 amide bonds. The molecule has 12 heteroatoms. The molecular formula is C27H34F5N5O2. The largest absolute Gasteiger partial charge is 0.389 e. The molecule has 0 aliphatic heterocycles. The number of hydrogen-bond acceptors (Lipinski definition) is 4. The summed E-state index contributed by atoms with van der Waals surface area (Å²) in [4.78, 5) is 29.9. The van der Waals surface area contributed by atoms with E-state index in [1.54, 1.807) is 18.5 Å². The highest BCUT2D eigenvalue weighted by Crippen LogP contribution is 2.45. The topological polar surface area (TPSA) is 88.4 Å². The highest BCUT2D eigenvalue weighted by Gasteiger charge is 2.44. The Kier molecular flexibility index (Phi) is 7.58. The highest BCUT2D eigenvalue weighted by atomic mass is 19.4. The van der Waals surface area contributed by atoms with Crippen molar-refractivity contribution in [2.24, 2.45) is 23.7 Å². The first-order chi connectivity index (χ1) is 18.4. The van der Waals surface area contributed by atoms with Crippen LogP contribution in [0.3, 0.4) is 0 Å². The van der Waals surface area contributed by atoms with Gasteiger partial charge in [0.05, 0.1) is 36.6 Å².